The summed E-state index contributed by atoms with van der Waals surface area (Å²) in [5, 5.41) is 9.96. The standard InChI is InChI=1S/C14H16N2O4/c1-16(2)13-9(14(17)18)5-8-6-11(19-3)12(20-4)7-10(8)15-13/h5-7H,1-4H3,(H,17,18). The van der Waals surface area contributed by atoms with Crippen LogP contribution >= 0.6 is 0 Å². The molecule has 1 N–H and O–H groups in total. The topological polar surface area (TPSA) is 71.9 Å². The average Bonchev–Trinajstić information content (AvgIpc) is 2.43. The van der Waals surface area contributed by atoms with Crippen LogP contribution in [0.1, 0.15) is 10.4 Å². The molecule has 0 atom stereocenters. The summed E-state index contributed by atoms with van der Waals surface area (Å²) in [6.45, 7) is 0. The number of carboxylic acid groups (broad SMARTS) is 1. The quantitative estimate of drug-likeness (QED) is 0.921. The Balaban J connectivity index is 2.77. The third kappa shape index (κ3) is 2.32. The highest BCUT2D eigenvalue weighted by atomic mass is 16.5. The van der Waals surface area contributed by atoms with Gasteiger partial charge in [-0.1, -0.05) is 0 Å². The van der Waals surface area contributed by atoms with Crippen LogP contribution in [0.15, 0.2) is 18.2 Å². The fourth-order valence-corrected chi connectivity index (χ4v) is 1.99. The van der Waals surface area contributed by atoms with Gasteiger partial charge in [0.05, 0.1) is 19.7 Å². The van der Waals surface area contributed by atoms with Crippen LogP contribution in [0.3, 0.4) is 0 Å². The molecule has 0 unspecified atom stereocenters. The first-order valence-corrected chi connectivity index (χ1v) is 5.95. The number of pyridine rings is 1. The molecule has 1 heterocycles. The van der Waals surface area contributed by atoms with Gasteiger partial charge in [0.15, 0.2) is 11.5 Å². The molecule has 0 amide bonds. The van der Waals surface area contributed by atoms with E-state index in [4.69, 9.17) is 9.47 Å². The van der Waals surface area contributed by atoms with Crippen LogP contribution in [-0.4, -0.2) is 44.4 Å². The molecule has 0 saturated carbocycles. The summed E-state index contributed by atoms with van der Waals surface area (Å²) >= 11 is 0. The number of aromatic nitrogens is 1. The molecule has 0 aliphatic carbocycles. The first kappa shape index (κ1) is 13.9. The zero-order valence-electron chi connectivity index (χ0n) is 11.8. The van der Waals surface area contributed by atoms with Gasteiger partial charge in [0.2, 0.25) is 0 Å². The van der Waals surface area contributed by atoms with Crippen molar-refractivity contribution in [2.45, 2.75) is 0 Å². The Hall–Kier alpha value is -2.50. The highest BCUT2D eigenvalue weighted by molar-refractivity contribution is 5.98. The average molecular weight is 276 g/mol. The fourth-order valence-electron chi connectivity index (χ4n) is 1.99. The number of ether oxygens (including phenoxy) is 2. The van der Waals surface area contributed by atoms with Crippen LogP contribution in [0, 0.1) is 0 Å². The highest BCUT2D eigenvalue weighted by Gasteiger charge is 2.16. The largest absolute Gasteiger partial charge is 0.493 e. The molecular formula is C14H16N2O4. The second-order valence-electron chi connectivity index (χ2n) is 4.46. The minimum atomic E-state index is -1.02. The molecule has 6 heteroatoms. The number of hydrogen-bond donors (Lipinski definition) is 1. The number of nitrogens with zero attached hydrogens (tertiary/aromatic N) is 2. The molecule has 2 rings (SSSR count). The molecule has 0 saturated heterocycles. The molecule has 0 fully saturated rings. The maximum Gasteiger partial charge on any atom is 0.339 e. The van der Waals surface area contributed by atoms with Gasteiger partial charge in [-0.15, -0.1) is 0 Å². The second-order valence-corrected chi connectivity index (χ2v) is 4.46. The van der Waals surface area contributed by atoms with E-state index in [1.54, 1.807) is 44.3 Å². The van der Waals surface area contributed by atoms with Crippen LogP contribution in [0.4, 0.5) is 5.82 Å². The summed E-state index contributed by atoms with van der Waals surface area (Å²) in [6, 6.07) is 5.03. The summed E-state index contributed by atoms with van der Waals surface area (Å²) < 4.78 is 10.4. The van der Waals surface area contributed by atoms with Gasteiger partial charge in [-0.3, -0.25) is 0 Å². The Morgan fingerprint density at radius 3 is 2.25 bits per heavy atom. The van der Waals surface area contributed by atoms with Gasteiger partial charge in [-0.2, -0.15) is 0 Å². The van der Waals surface area contributed by atoms with Gasteiger partial charge in [0, 0.05) is 25.5 Å². The van der Waals surface area contributed by atoms with Gasteiger partial charge in [-0.05, 0) is 12.1 Å². The van der Waals surface area contributed by atoms with E-state index < -0.39 is 5.97 Å². The van der Waals surface area contributed by atoms with Crippen molar-refractivity contribution in [2.75, 3.05) is 33.2 Å². The minimum Gasteiger partial charge on any atom is -0.493 e. The molecule has 1 aromatic carbocycles. The predicted molar refractivity (Wildman–Crippen MR) is 76.1 cm³/mol. The van der Waals surface area contributed by atoms with Crippen molar-refractivity contribution < 1.29 is 19.4 Å². The molecule has 6 nitrogen and oxygen atoms in total. The van der Waals surface area contributed by atoms with Crippen molar-refractivity contribution in [3.8, 4) is 11.5 Å². The van der Waals surface area contributed by atoms with Crippen LogP contribution < -0.4 is 14.4 Å². The van der Waals surface area contributed by atoms with E-state index in [0.29, 0.717) is 28.2 Å². The third-order valence-electron chi connectivity index (χ3n) is 2.95. The number of hydrogen-bond acceptors (Lipinski definition) is 5. The lowest BCUT2D eigenvalue weighted by atomic mass is 10.1. The van der Waals surface area contributed by atoms with Crippen molar-refractivity contribution in [3.05, 3.63) is 23.8 Å². The van der Waals surface area contributed by atoms with Gasteiger partial charge >= 0.3 is 5.97 Å². The van der Waals surface area contributed by atoms with Gasteiger partial charge in [-0.25, -0.2) is 9.78 Å². The van der Waals surface area contributed by atoms with E-state index in [1.807, 2.05) is 0 Å². The van der Waals surface area contributed by atoms with Gasteiger partial charge < -0.3 is 19.5 Å². The van der Waals surface area contributed by atoms with Crippen LogP contribution in [0.25, 0.3) is 10.9 Å². The van der Waals surface area contributed by atoms with Crippen molar-refractivity contribution >= 4 is 22.7 Å². The van der Waals surface area contributed by atoms with E-state index in [1.165, 1.54) is 7.11 Å². The predicted octanol–water partition coefficient (Wildman–Crippen LogP) is 2.02. The van der Waals surface area contributed by atoms with Crippen molar-refractivity contribution in [2.24, 2.45) is 0 Å². The monoisotopic (exact) mass is 276 g/mol. The first-order valence-electron chi connectivity index (χ1n) is 5.95. The molecule has 106 valence electrons. The van der Waals surface area contributed by atoms with E-state index in [-0.39, 0.29) is 5.56 Å². The normalized spacial score (nSPS) is 10.4. The molecule has 0 bridgehead atoms. The summed E-state index contributed by atoms with van der Waals surface area (Å²) in [6.07, 6.45) is 0. The number of carbonyl (C=O) groups is 1. The highest BCUT2D eigenvalue weighted by Crippen LogP contribution is 2.33. The van der Waals surface area contributed by atoms with E-state index in [0.717, 1.165) is 0 Å². The molecule has 2 aromatic rings. The molecular weight excluding hydrogens is 260 g/mol. The zero-order chi connectivity index (χ0) is 14.9. The SMILES string of the molecule is COc1cc2cc(C(=O)O)c(N(C)C)nc2cc1OC. The summed E-state index contributed by atoms with van der Waals surface area (Å²) in [5.74, 6) is 0.478. The molecule has 1 aromatic heterocycles. The summed E-state index contributed by atoms with van der Waals surface area (Å²) in [5.41, 5.74) is 0.797. The van der Waals surface area contributed by atoms with E-state index in [2.05, 4.69) is 4.98 Å². The number of methoxy groups -OCH3 is 2. The number of aromatic carboxylic acids is 1. The van der Waals surface area contributed by atoms with Crippen molar-refractivity contribution in [1.29, 1.82) is 0 Å². The lowest BCUT2D eigenvalue weighted by Gasteiger charge is -2.16. The zero-order valence-corrected chi connectivity index (χ0v) is 11.8. The number of benzene rings is 1. The van der Waals surface area contributed by atoms with Crippen molar-refractivity contribution in [1.82, 2.24) is 4.98 Å². The Bertz CT molecular complexity index is 668. The number of carboxylic acids is 1. The Kier molecular flexibility index (Phi) is 3.65. The number of rotatable bonds is 4. The van der Waals surface area contributed by atoms with Gasteiger partial charge in [0.1, 0.15) is 11.4 Å². The van der Waals surface area contributed by atoms with Crippen LogP contribution in [0.2, 0.25) is 0 Å². The smallest absolute Gasteiger partial charge is 0.339 e. The summed E-state index contributed by atoms with van der Waals surface area (Å²) in [4.78, 5) is 17.4. The second kappa shape index (κ2) is 5.24. The Morgan fingerprint density at radius 1 is 1.15 bits per heavy atom. The first-order chi connectivity index (χ1) is 9.47. The third-order valence-corrected chi connectivity index (χ3v) is 2.95. The minimum absolute atomic E-state index is 0.148. The van der Waals surface area contributed by atoms with Crippen LogP contribution in [0.5, 0.6) is 11.5 Å². The van der Waals surface area contributed by atoms with E-state index >= 15 is 0 Å². The fraction of sp³-hybridized carbons (Fsp3) is 0.286. The Labute approximate surface area is 116 Å². The summed E-state index contributed by atoms with van der Waals surface area (Å²) in [7, 11) is 6.58. The molecule has 0 aliphatic rings. The van der Waals surface area contributed by atoms with Crippen LogP contribution in [-0.2, 0) is 0 Å². The molecule has 20 heavy (non-hydrogen) atoms. The molecule has 0 spiro atoms. The molecule has 0 aliphatic heterocycles. The lowest BCUT2D eigenvalue weighted by molar-refractivity contribution is 0.0697. The number of anilines is 1. The Morgan fingerprint density at radius 2 is 1.75 bits per heavy atom. The lowest BCUT2D eigenvalue weighted by Crippen LogP contribution is -2.15. The number of fused-ring (bicyclic) bond motifs is 1. The van der Waals surface area contributed by atoms with E-state index in [9.17, 15) is 9.90 Å². The maximum atomic E-state index is 11.3. The molecule has 0 radical (unpaired) electrons. The maximum absolute atomic E-state index is 11.3. The van der Waals surface area contributed by atoms with Crippen molar-refractivity contribution in [3.63, 3.8) is 0 Å². The van der Waals surface area contributed by atoms with Gasteiger partial charge in [0.25, 0.3) is 0 Å².